The third-order valence-corrected chi connectivity index (χ3v) is 3.86. The number of aliphatic hydroxyl groups excluding tert-OH is 1. The molecule has 0 aromatic rings. The van der Waals surface area contributed by atoms with Gasteiger partial charge in [0.05, 0.1) is 6.10 Å². The van der Waals surface area contributed by atoms with Crippen LogP contribution >= 0.6 is 0 Å². The molecule has 2 N–H and O–H groups in total. The summed E-state index contributed by atoms with van der Waals surface area (Å²) in [5.74, 6) is 0. The SMILES string of the molecule is CCCCCCCCC[C@@H]1C[C@H](O)C[C@H](C)N1. The first-order valence-electron chi connectivity index (χ1n) is 7.66. The van der Waals surface area contributed by atoms with Gasteiger partial charge in [0, 0.05) is 12.1 Å². The molecule has 0 saturated carbocycles. The summed E-state index contributed by atoms with van der Waals surface area (Å²) < 4.78 is 0. The third kappa shape index (κ3) is 7.05. The lowest BCUT2D eigenvalue weighted by atomic mass is 9.93. The molecule has 0 aromatic carbocycles. The van der Waals surface area contributed by atoms with Crippen LogP contribution in [-0.4, -0.2) is 23.3 Å². The van der Waals surface area contributed by atoms with Crippen molar-refractivity contribution in [1.29, 1.82) is 0 Å². The minimum Gasteiger partial charge on any atom is -0.393 e. The second kappa shape index (κ2) is 8.93. The van der Waals surface area contributed by atoms with Gasteiger partial charge in [-0.1, -0.05) is 51.9 Å². The highest BCUT2D eigenvalue weighted by Gasteiger charge is 2.23. The Morgan fingerprint density at radius 1 is 1.00 bits per heavy atom. The van der Waals surface area contributed by atoms with Crippen molar-refractivity contribution in [1.82, 2.24) is 5.32 Å². The van der Waals surface area contributed by atoms with E-state index in [2.05, 4.69) is 19.2 Å². The zero-order chi connectivity index (χ0) is 12.5. The molecule has 2 heteroatoms. The van der Waals surface area contributed by atoms with Crippen LogP contribution in [0.5, 0.6) is 0 Å². The van der Waals surface area contributed by atoms with Gasteiger partial charge in [-0.3, -0.25) is 0 Å². The Morgan fingerprint density at radius 2 is 1.65 bits per heavy atom. The summed E-state index contributed by atoms with van der Waals surface area (Å²) in [5.41, 5.74) is 0. The molecule has 102 valence electrons. The van der Waals surface area contributed by atoms with Crippen LogP contribution in [0.4, 0.5) is 0 Å². The topological polar surface area (TPSA) is 32.3 Å². The maximum atomic E-state index is 9.71. The fourth-order valence-corrected chi connectivity index (χ4v) is 2.92. The molecule has 1 rings (SSSR count). The van der Waals surface area contributed by atoms with E-state index >= 15 is 0 Å². The van der Waals surface area contributed by atoms with Gasteiger partial charge in [0.15, 0.2) is 0 Å². The van der Waals surface area contributed by atoms with Crippen LogP contribution in [0.25, 0.3) is 0 Å². The Bertz CT molecular complexity index is 174. The van der Waals surface area contributed by atoms with Gasteiger partial charge in [0.2, 0.25) is 0 Å². The van der Waals surface area contributed by atoms with Crippen LogP contribution in [0.3, 0.4) is 0 Å². The van der Waals surface area contributed by atoms with E-state index in [-0.39, 0.29) is 6.10 Å². The Morgan fingerprint density at radius 3 is 2.29 bits per heavy atom. The smallest absolute Gasteiger partial charge is 0.0569 e. The average molecular weight is 241 g/mol. The number of nitrogens with one attached hydrogen (secondary N) is 1. The van der Waals surface area contributed by atoms with E-state index < -0.39 is 0 Å². The molecule has 1 aliphatic rings. The van der Waals surface area contributed by atoms with E-state index in [1.807, 2.05) is 0 Å². The summed E-state index contributed by atoms with van der Waals surface area (Å²) in [6.45, 7) is 4.45. The van der Waals surface area contributed by atoms with Crippen LogP contribution in [0, 0.1) is 0 Å². The average Bonchev–Trinajstić information content (AvgIpc) is 2.26. The second-order valence-corrected chi connectivity index (χ2v) is 5.80. The molecule has 0 aromatic heterocycles. The molecular weight excluding hydrogens is 210 g/mol. The van der Waals surface area contributed by atoms with Crippen molar-refractivity contribution in [3.05, 3.63) is 0 Å². The van der Waals surface area contributed by atoms with E-state index in [4.69, 9.17) is 0 Å². The molecule has 0 spiro atoms. The third-order valence-electron chi connectivity index (χ3n) is 3.86. The molecule has 0 radical (unpaired) electrons. The molecule has 17 heavy (non-hydrogen) atoms. The van der Waals surface area contributed by atoms with Gasteiger partial charge in [0.1, 0.15) is 0 Å². The van der Waals surface area contributed by atoms with Gasteiger partial charge in [-0.05, 0) is 26.2 Å². The summed E-state index contributed by atoms with van der Waals surface area (Å²) in [4.78, 5) is 0. The molecule has 0 unspecified atom stereocenters. The van der Waals surface area contributed by atoms with Gasteiger partial charge in [-0.15, -0.1) is 0 Å². The minimum absolute atomic E-state index is 0.0687. The van der Waals surface area contributed by atoms with E-state index in [1.165, 1.54) is 51.4 Å². The van der Waals surface area contributed by atoms with Crippen LogP contribution in [0.2, 0.25) is 0 Å². The van der Waals surface area contributed by atoms with Crippen molar-refractivity contribution < 1.29 is 5.11 Å². The standard InChI is InChI=1S/C15H31NO/c1-3-4-5-6-7-8-9-10-14-12-15(17)11-13(2)16-14/h13-17H,3-12H2,1-2H3/t13-,14+,15+/m0/s1. The largest absolute Gasteiger partial charge is 0.393 e. The number of piperidine rings is 1. The lowest BCUT2D eigenvalue weighted by Crippen LogP contribution is -2.45. The summed E-state index contributed by atoms with van der Waals surface area (Å²) in [6.07, 6.45) is 12.7. The molecule has 2 nitrogen and oxygen atoms in total. The predicted molar refractivity (Wildman–Crippen MR) is 74.2 cm³/mol. The number of rotatable bonds is 8. The van der Waals surface area contributed by atoms with Crippen molar-refractivity contribution in [2.75, 3.05) is 0 Å². The molecule has 1 fully saturated rings. The zero-order valence-electron chi connectivity index (χ0n) is 11.8. The van der Waals surface area contributed by atoms with Crippen molar-refractivity contribution in [3.63, 3.8) is 0 Å². The first-order chi connectivity index (χ1) is 8.22. The van der Waals surface area contributed by atoms with E-state index in [9.17, 15) is 5.11 Å². The Kier molecular flexibility index (Phi) is 7.87. The van der Waals surface area contributed by atoms with E-state index in [0.29, 0.717) is 12.1 Å². The molecule has 1 saturated heterocycles. The Labute approximate surface area is 107 Å². The number of hydrogen-bond donors (Lipinski definition) is 2. The van der Waals surface area contributed by atoms with Crippen molar-refractivity contribution >= 4 is 0 Å². The lowest BCUT2D eigenvalue weighted by molar-refractivity contribution is 0.0946. The van der Waals surface area contributed by atoms with E-state index in [1.54, 1.807) is 0 Å². The quantitative estimate of drug-likeness (QED) is 0.636. The fraction of sp³-hybridized carbons (Fsp3) is 1.00. The Balaban J connectivity index is 1.95. The van der Waals surface area contributed by atoms with Crippen molar-refractivity contribution in [2.24, 2.45) is 0 Å². The highest BCUT2D eigenvalue weighted by molar-refractivity contribution is 4.82. The van der Waals surface area contributed by atoms with Gasteiger partial charge in [-0.25, -0.2) is 0 Å². The van der Waals surface area contributed by atoms with Gasteiger partial charge in [-0.2, -0.15) is 0 Å². The summed E-state index contributed by atoms with van der Waals surface area (Å²) in [7, 11) is 0. The summed E-state index contributed by atoms with van der Waals surface area (Å²) in [5, 5.41) is 13.3. The highest BCUT2D eigenvalue weighted by atomic mass is 16.3. The first kappa shape index (κ1) is 15.0. The highest BCUT2D eigenvalue weighted by Crippen LogP contribution is 2.18. The van der Waals surface area contributed by atoms with Gasteiger partial charge >= 0.3 is 0 Å². The van der Waals surface area contributed by atoms with E-state index in [0.717, 1.165) is 12.8 Å². The normalized spacial score (nSPS) is 29.5. The minimum atomic E-state index is -0.0687. The van der Waals surface area contributed by atoms with Crippen LogP contribution < -0.4 is 5.32 Å². The predicted octanol–water partition coefficient (Wildman–Crippen LogP) is 3.63. The molecule has 3 atom stereocenters. The van der Waals surface area contributed by atoms with Crippen molar-refractivity contribution in [2.45, 2.75) is 96.2 Å². The maximum Gasteiger partial charge on any atom is 0.0569 e. The monoisotopic (exact) mass is 241 g/mol. The lowest BCUT2D eigenvalue weighted by Gasteiger charge is -2.32. The molecule has 0 bridgehead atoms. The number of unbranched alkanes of at least 4 members (excludes halogenated alkanes) is 6. The summed E-state index contributed by atoms with van der Waals surface area (Å²) >= 11 is 0. The van der Waals surface area contributed by atoms with Crippen LogP contribution in [0.1, 0.15) is 78.1 Å². The molecular formula is C15H31NO. The maximum absolute atomic E-state index is 9.71. The first-order valence-corrected chi connectivity index (χ1v) is 7.66. The molecule has 0 amide bonds. The summed E-state index contributed by atoms with van der Waals surface area (Å²) in [6, 6.07) is 1.05. The number of hydrogen-bond acceptors (Lipinski definition) is 2. The molecule has 1 aliphatic heterocycles. The van der Waals surface area contributed by atoms with Crippen LogP contribution in [0.15, 0.2) is 0 Å². The Hall–Kier alpha value is -0.0800. The van der Waals surface area contributed by atoms with Crippen molar-refractivity contribution in [3.8, 4) is 0 Å². The van der Waals surface area contributed by atoms with Crippen LogP contribution in [-0.2, 0) is 0 Å². The second-order valence-electron chi connectivity index (χ2n) is 5.80. The molecule has 1 heterocycles. The zero-order valence-corrected chi connectivity index (χ0v) is 11.8. The van der Waals surface area contributed by atoms with Gasteiger partial charge in [0.25, 0.3) is 0 Å². The fourth-order valence-electron chi connectivity index (χ4n) is 2.92. The number of aliphatic hydroxyl groups is 1. The van der Waals surface area contributed by atoms with Gasteiger partial charge < -0.3 is 10.4 Å². The molecule has 0 aliphatic carbocycles.